The molecule has 1 aliphatic carbocycles. The van der Waals surface area contributed by atoms with Gasteiger partial charge in [-0.1, -0.05) is 48.2 Å². The number of halogens is 1. The van der Waals surface area contributed by atoms with Gasteiger partial charge in [0.15, 0.2) is 12.4 Å². The van der Waals surface area contributed by atoms with Crippen molar-refractivity contribution >= 4 is 17.5 Å². The summed E-state index contributed by atoms with van der Waals surface area (Å²) >= 11 is 6.02. The first-order valence-corrected chi connectivity index (χ1v) is 8.00. The molecule has 0 bridgehead atoms. The fourth-order valence-electron chi connectivity index (χ4n) is 2.93. The molecule has 7 nitrogen and oxygen atoms in total. The summed E-state index contributed by atoms with van der Waals surface area (Å²) in [7, 11) is 0. The van der Waals surface area contributed by atoms with Crippen LogP contribution >= 0.6 is 11.6 Å². The largest absolute Gasteiger partial charge is 0.482 e. The average Bonchev–Trinajstić information content (AvgIpc) is 3.10. The Bertz CT molecular complexity index is 656. The third kappa shape index (κ3) is 3.61. The zero-order valence-electron chi connectivity index (χ0n) is 12.6. The molecule has 0 radical (unpaired) electrons. The second kappa shape index (κ2) is 6.95. The summed E-state index contributed by atoms with van der Waals surface area (Å²) in [6.07, 6.45) is 4.76. The highest BCUT2D eigenvalue weighted by molar-refractivity contribution is 6.32. The van der Waals surface area contributed by atoms with Crippen molar-refractivity contribution < 1.29 is 9.53 Å². The van der Waals surface area contributed by atoms with Crippen molar-refractivity contribution in [2.75, 3.05) is 6.61 Å². The Balaban J connectivity index is 1.66. The number of amides is 1. The Morgan fingerprint density at radius 1 is 1.30 bits per heavy atom. The first-order chi connectivity index (χ1) is 11.2. The summed E-state index contributed by atoms with van der Waals surface area (Å²) in [4.78, 5) is 12.3. The van der Waals surface area contributed by atoms with Gasteiger partial charge in [-0.15, -0.1) is 10.2 Å². The number of hydrogen-bond acceptors (Lipinski definition) is 5. The van der Waals surface area contributed by atoms with Crippen LogP contribution in [0, 0.1) is 0 Å². The molecule has 0 unspecified atom stereocenters. The van der Waals surface area contributed by atoms with Crippen molar-refractivity contribution in [3.05, 3.63) is 35.1 Å². The number of nitrogens with zero attached hydrogens (tertiary/aromatic N) is 3. The molecule has 2 N–H and O–H groups in total. The lowest BCUT2D eigenvalue weighted by atomic mass is 9.81. The molecule has 0 atom stereocenters. The number of ether oxygens (including phenoxy) is 1. The van der Waals surface area contributed by atoms with Gasteiger partial charge in [-0.3, -0.25) is 4.79 Å². The molecule has 122 valence electrons. The van der Waals surface area contributed by atoms with Gasteiger partial charge in [-0.05, 0) is 25.0 Å². The Kier molecular flexibility index (Phi) is 4.76. The SMILES string of the molecule is O=C(COc1ccccc1Cl)NC1(c2nn[nH]n2)CCCCC1. The minimum absolute atomic E-state index is 0.108. The molecule has 3 rings (SSSR count). The number of tetrazole rings is 1. The number of rotatable bonds is 5. The second-order valence-electron chi connectivity index (χ2n) is 5.65. The van der Waals surface area contributed by atoms with Crippen molar-refractivity contribution in [1.82, 2.24) is 25.9 Å². The number of para-hydroxylation sites is 1. The highest BCUT2D eigenvalue weighted by atomic mass is 35.5. The van der Waals surface area contributed by atoms with Gasteiger partial charge in [0.05, 0.1) is 5.02 Å². The summed E-state index contributed by atoms with van der Waals surface area (Å²) in [5.41, 5.74) is -0.563. The Morgan fingerprint density at radius 2 is 2.09 bits per heavy atom. The molecule has 0 saturated heterocycles. The fourth-order valence-corrected chi connectivity index (χ4v) is 3.12. The van der Waals surface area contributed by atoms with Crippen molar-refractivity contribution in [2.24, 2.45) is 0 Å². The summed E-state index contributed by atoms with van der Waals surface area (Å²) < 4.78 is 5.49. The molecule has 0 spiro atoms. The molecule has 1 fully saturated rings. The molecule has 8 heteroatoms. The number of hydrogen-bond donors (Lipinski definition) is 2. The van der Waals surface area contributed by atoms with E-state index < -0.39 is 5.54 Å². The van der Waals surface area contributed by atoms with E-state index in [0.717, 1.165) is 32.1 Å². The molecular formula is C15H18ClN5O2. The van der Waals surface area contributed by atoms with E-state index in [-0.39, 0.29) is 12.5 Å². The molecular weight excluding hydrogens is 318 g/mol. The van der Waals surface area contributed by atoms with E-state index in [1.807, 2.05) is 6.07 Å². The van der Waals surface area contributed by atoms with Crippen LogP contribution in [0.4, 0.5) is 0 Å². The molecule has 2 aromatic rings. The Labute approximate surface area is 138 Å². The summed E-state index contributed by atoms with van der Waals surface area (Å²) in [5, 5.41) is 17.7. The van der Waals surface area contributed by atoms with Gasteiger partial charge < -0.3 is 10.1 Å². The van der Waals surface area contributed by atoms with E-state index in [2.05, 4.69) is 25.9 Å². The lowest BCUT2D eigenvalue weighted by Crippen LogP contribution is -2.49. The third-order valence-corrected chi connectivity index (χ3v) is 4.37. The maximum atomic E-state index is 12.3. The first-order valence-electron chi connectivity index (χ1n) is 7.62. The number of aromatic nitrogens is 4. The van der Waals surface area contributed by atoms with Crippen molar-refractivity contribution in [2.45, 2.75) is 37.6 Å². The Hall–Kier alpha value is -2.15. The van der Waals surface area contributed by atoms with Gasteiger partial charge in [-0.25, -0.2) is 0 Å². The minimum Gasteiger partial charge on any atom is -0.482 e. The number of nitrogens with one attached hydrogen (secondary N) is 2. The van der Waals surface area contributed by atoms with Gasteiger partial charge in [0.2, 0.25) is 0 Å². The number of carbonyl (C=O) groups is 1. The van der Waals surface area contributed by atoms with Gasteiger partial charge in [-0.2, -0.15) is 5.21 Å². The Morgan fingerprint density at radius 3 is 2.78 bits per heavy atom. The van der Waals surface area contributed by atoms with Crippen LogP contribution in [0.25, 0.3) is 0 Å². The molecule has 1 aromatic carbocycles. The second-order valence-corrected chi connectivity index (χ2v) is 6.05. The van der Waals surface area contributed by atoms with E-state index in [1.165, 1.54) is 0 Å². The molecule has 1 aromatic heterocycles. The maximum Gasteiger partial charge on any atom is 0.258 e. The summed E-state index contributed by atoms with van der Waals surface area (Å²) in [6.45, 7) is -0.108. The van der Waals surface area contributed by atoms with Gasteiger partial charge in [0.1, 0.15) is 11.3 Å². The average molecular weight is 336 g/mol. The van der Waals surface area contributed by atoms with Crippen LogP contribution < -0.4 is 10.1 Å². The fraction of sp³-hybridized carbons (Fsp3) is 0.467. The summed E-state index contributed by atoms with van der Waals surface area (Å²) in [5.74, 6) is 0.793. The van der Waals surface area contributed by atoms with Crippen molar-refractivity contribution in [3.63, 3.8) is 0 Å². The van der Waals surface area contributed by atoms with Gasteiger partial charge in [0.25, 0.3) is 5.91 Å². The van der Waals surface area contributed by atoms with Crippen molar-refractivity contribution in [3.8, 4) is 5.75 Å². The molecule has 1 saturated carbocycles. The van der Waals surface area contributed by atoms with Crippen LogP contribution in [-0.4, -0.2) is 33.1 Å². The van der Waals surface area contributed by atoms with E-state index in [1.54, 1.807) is 18.2 Å². The molecule has 0 aliphatic heterocycles. The summed E-state index contributed by atoms with van der Waals surface area (Å²) in [6, 6.07) is 7.06. The highest BCUT2D eigenvalue weighted by Gasteiger charge is 2.39. The van der Waals surface area contributed by atoms with E-state index in [0.29, 0.717) is 16.6 Å². The van der Waals surface area contributed by atoms with Crippen LogP contribution in [0.1, 0.15) is 37.9 Å². The number of aromatic amines is 1. The maximum absolute atomic E-state index is 12.3. The standard InChI is InChI=1S/C15H18ClN5O2/c16-11-6-2-3-7-12(11)23-10-13(22)17-15(8-4-1-5-9-15)14-18-20-21-19-14/h2-3,6-7H,1,4-5,8-10H2,(H,17,22)(H,18,19,20,21). The first kappa shape index (κ1) is 15.7. The van der Waals surface area contributed by atoms with Gasteiger partial charge in [0, 0.05) is 0 Å². The van der Waals surface area contributed by atoms with Crippen LogP contribution in [0.5, 0.6) is 5.75 Å². The predicted octanol–water partition coefficient (Wildman–Crippen LogP) is 2.21. The smallest absolute Gasteiger partial charge is 0.258 e. The lowest BCUT2D eigenvalue weighted by molar-refractivity contribution is -0.125. The number of carbonyl (C=O) groups excluding carboxylic acids is 1. The minimum atomic E-state index is -0.563. The molecule has 1 amide bonds. The topological polar surface area (TPSA) is 92.8 Å². The van der Waals surface area contributed by atoms with E-state index in [9.17, 15) is 4.79 Å². The lowest BCUT2D eigenvalue weighted by Gasteiger charge is -2.35. The highest BCUT2D eigenvalue weighted by Crippen LogP contribution is 2.35. The van der Waals surface area contributed by atoms with E-state index >= 15 is 0 Å². The molecule has 1 heterocycles. The number of benzene rings is 1. The van der Waals surface area contributed by atoms with Crippen LogP contribution in [-0.2, 0) is 10.3 Å². The van der Waals surface area contributed by atoms with E-state index in [4.69, 9.17) is 16.3 Å². The van der Waals surface area contributed by atoms with Crippen LogP contribution in [0.15, 0.2) is 24.3 Å². The third-order valence-electron chi connectivity index (χ3n) is 4.05. The predicted molar refractivity (Wildman–Crippen MR) is 84.0 cm³/mol. The van der Waals surface area contributed by atoms with Crippen molar-refractivity contribution in [1.29, 1.82) is 0 Å². The quantitative estimate of drug-likeness (QED) is 0.873. The monoisotopic (exact) mass is 335 g/mol. The van der Waals surface area contributed by atoms with Crippen LogP contribution in [0.3, 0.4) is 0 Å². The zero-order valence-corrected chi connectivity index (χ0v) is 13.3. The number of H-pyrrole nitrogens is 1. The zero-order chi connectivity index (χ0) is 16.1. The van der Waals surface area contributed by atoms with Gasteiger partial charge >= 0.3 is 0 Å². The molecule has 23 heavy (non-hydrogen) atoms. The van der Waals surface area contributed by atoms with Crippen LogP contribution in [0.2, 0.25) is 5.02 Å². The molecule has 1 aliphatic rings. The normalized spacial score (nSPS) is 16.7.